The van der Waals surface area contributed by atoms with Crippen molar-refractivity contribution in [3.8, 4) is 0 Å². The normalized spacial score (nSPS) is 13.9. The summed E-state index contributed by atoms with van der Waals surface area (Å²) in [5.41, 5.74) is 1.10. The van der Waals surface area contributed by atoms with E-state index in [-0.39, 0.29) is 11.8 Å². The lowest BCUT2D eigenvalue weighted by Crippen LogP contribution is -2.15. The first-order chi connectivity index (χ1) is 7.46. The first-order valence-electron chi connectivity index (χ1n) is 5.33. The average Bonchev–Trinajstić information content (AvgIpc) is 2.65. The molecule has 1 aromatic rings. The summed E-state index contributed by atoms with van der Waals surface area (Å²) in [7, 11) is -1.02. The lowest BCUT2D eigenvalue weighted by Gasteiger charge is -2.10. The van der Waals surface area contributed by atoms with Crippen molar-refractivity contribution >= 4 is 9.84 Å². The molecule has 1 unspecified atom stereocenters. The minimum Gasteiger partial charge on any atom is -0.313 e. The van der Waals surface area contributed by atoms with Crippen LogP contribution in [-0.2, 0) is 16.4 Å². The number of nitrogens with zero attached hydrogens (tertiary/aromatic N) is 2. The smallest absolute Gasteiger partial charge is 0.149 e. The summed E-state index contributed by atoms with van der Waals surface area (Å²) in [6.45, 7) is 2.51. The largest absolute Gasteiger partial charge is 0.313 e. The van der Waals surface area contributed by atoms with Crippen LogP contribution in [0.25, 0.3) is 0 Å². The highest BCUT2D eigenvalue weighted by Gasteiger charge is 2.09. The summed E-state index contributed by atoms with van der Waals surface area (Å²) >= 11 is 0. The Morgan fingerprint density at radius 1 is 1.56 bits per heavy atom. The van der Waals surface area contributed by atoms with E-state index >= 15 is 0 Å². The Hall–Kier alpha value is -0.880. The van der Waals surface area contributed by atoms with Crippen molar-refractivity contribution in [1.29, 1.82) is 0 Å². The maximum Gasteiger partial charge on any atom is 0.149 e. The molecule has 1 atom stereocenters. The second-order valence-electron chi connectivity index (χ2n) is 3.92. The molecule has 0 aliphatic rings. The molecule has 1 N–H and O–H groups in total. The molecule has 1 aromatic heterocycles. The SMILES string of the molecule is CCC(NC)c1cnn(CCS(C)(=O)=O)c1. The van der Waals surface area contributed by atoms with Gasteiger partial charge in [-0.2, -0.15) is 5.10 Å². The van der Waals surface area contributed by atoms with E-state index in [2.05, 4.69) is 17.3 Å². The van der Waals surface area contributed by atoms with Crippen molar-refractivity contribution < 1.29 is 8.42 Å². The quantitative estimate of drug-likeness (QED) is 0.797. The molecule has 0 aliphatic carbocycles. The Morgan fingerprint density at radius 2 is 2.25 bits per heavy atom. The summed E-state index contributed by atoms with van der Waals surface area (Å²) in [6.07, 6.45) is 5.90. The number of aryl methyl sites for hydroxylation is 1. The molecule has 5 nitrogen and oxygen atoms in total. The molecular weight excluding hydrogens is 226 g/mol. The van der Waals surface area contributed by atoms with Gasteiger partial charge in [-0.1, -0.05) is 6.92 Å². The molecule has 0 amide bonds. The zero-order chi connectivity index (χ0) is 12.2. The predicted molar refractivity (Wildman–Crippen MR) is 64.0 cm³/mol. The van der Waals surface area contributed by atoms with Crippen LogP contribution in [-0.4, -0.2) is 37.3 Å². The van der Waals surface area contributed by atoms with E-state index in [4.69, 9.17) is 0 Å². The fraction of sp³-hybridized carbons (Fsp3) is 0.700. The van der Waals surface area contributed by atoms with E-state index in [9.17, 15) is 8.42 Å². The molecule has 0 radical (unpaired) electrons. The second-order valence-corrected chi connectivity index (χ2v) is 6.18. The van der Waals surface area contributed by atoms with Gasteiger partial charge in [0.1, 0.15) is 9.84 Å². The molecule has 0 saturated carbocycles. The van der Waals surface area contributed by atoms with Crippen molar-refractivity contribution in [3.05, 3.63) is 18.0 Å². The van der Waals surface area contributed by atoms with Gasteiger partial charge >= 0.3 is 0 Å². The van der Waals surface area contributed by atoms with Gasteiger partial charge in [0.2, 0.25) is 0 Å². The predicted octanol–water partition coefficient (Wildman–Crippen LogP) is 0.598. The lowest BCUT2D eigenvalue weighted by molar-refractivity contribution is 0.572. The number of rotatable bonds is 6. The molecule has 6 heteroatoms. The van der Waals surface area contributed by atoms with Crippen molar-refractivity contribution in [2.75, 3.05) is 19.1 Å². The molecule has 0 aromatic carbocycles. The standard InChI is InChI=1S/C10H19N3O2S/c1-4-10(11-2)9-7-12-13(8-9)5-6-16(3,14)15/h7-8,10-11H,4-6H2,1-3H3. The minimum absolute atomic E-state index is 0.129. The summed E-state index contributed by atoms with van der Waals surface area (Å²) in [6, 6.07) is 0.284. The molecule has 0 fully saturated rings. The molecule has 1 heterocycles. The Bertz CT molecular complexity index is 421. The van der Waals surface area contributed by atoms with E-state index in [0.29, 0.717) is 6.54 Å². The molecule has 0 aliphatic heterocycles. The molecule has 16 heavy (non-hydrogen) atoms. The van der Waals surface area contributed by atoms with E-state index < -0.39 is 9.84 Å². The van der Waals surface area contributed by atoms with E-state index in [1.807, 2.05) is 13.2 Å². The number of nitrogens with one attached hydrogen (secondary N) is 1. The van der Waals surface area contributed by atoms with E-state index in [1.54, 1.807) is 10.9 Å². The first-order valence-corrected chi connectivity index (χ1v) is 7.39. The highest BCUT2D eigenvalue weighted by atomic mass is 32.2. The van der Waals surface area contributed by atoms with Crippen molar-refractivity contribution in [2.24, 2.45) is 0 Å². The van der Waals surface area contributed by atoms with Gasteiger partial charge < -0.3 is 5.32 Å². The third-order valence-corrected chi connectivity index (χ3v) is 3.43. The summed E-state index contributed by atoms with van der Waals surface area (Å²) in [5.74, 6) is 0.129. The zero-order valence-electron chi connectivity index (χ0n) is 9.97. The van der Waals surface area contributed by atoms with Gasteiger partial charge in [-0.15, -0.1) is 0 Å². The van der Waals surface area contributed by atoms with Crippen LogP contribution in [0.2, 0.25) is 0 Å². The van der Waals surface area contributed by atoms with Crippen molar-refractivity contribution in [1.82, 2.24) is 15.1 Å². The Morgan fingerprint density at radius 3 is 2.75 bits per heavy atom. The fourth-order valence-corrected chi connectivity index (χ4v) is 2.07. The third kappa shape index (κ3) is 3.94. The molecule has 92 valence electrons. The van der Waals surface area contributed by atoms with Crippen molar-refractivity contribution in [2.45, 2.75) is 25.9 Å². The van der Waals surface area contributed by atoms with Gasteiger partial charge in [-0.25, -0.2) is 8.42 Å². The molecule has 0 spiro atoms. The van der Waals surface area contributed by atoms with Crippen LogP contribution < -0.4 is 5.32 Å². The van der Waals surface area contributed by atoms with Crippen molar-refractivity contribution in [3.63, 3.8) is 0 Å². The number of hydrogen-bond acceptors (Lipinski definition) is 4. The summed E-state index contributed by atoms with van der Waals surface area (Å²) < 4.78 is 23.7. The van der Waals surface area contributed by atoms with Gasteiger partial charge in [0.25, 0.3) is 0 Å². The van der Waals surface area contributed by atoms with Gasteiger partial charge in [-0.05, 0) is 13.5 Å². The highest BCUT2D eigenvalue weighted by molar-refractivity contribution is 7.90. The van der Waals surface area contributed by atoms with Crippen LogP contribution >= 0.6 is 0 Å². The maximum atomic E-state index is 11.0. The minimum atomic E-state index is -2.92. The summed E-state index contributed by atoms with van der Waals surface area (Å²) in [4.78, 5) is 0. The Kier molecular flexibility index (Phi) is 4.49. The number of sulfone groups is 1. The van der Waals surface area contributed by atoms with Crippen LogP contribution in [0.1, 0.15) is 24.9 Å². The van der Waals surface area contributed by atoms with Gasteiger partial charge in [-0.3, -0.25) is 4.68 Å². The third-order valence-electron chi connectivity index (χ3n) is 2.50. The van der Waals surface area contributed by atoms with Crippen LogP contribution in [0.5, 0.6) is 0 Å². The van der Waals surface area contributed by atoms with Crippen LogP contribution in [0.4, 0.5) is 0 Å². The summed E-state index contributed by atoms with van der Waals surface area (Å²) in [5, 5.41) is 7.33. The second kappa shape index (κ2) is 5.45. The maximum absolute atomic E-state index is 11.0. The fourth-order valence-electron chi connectivity index (χ4n) is 1.55. The monoisotopic (exact) mass is 245 g/mol. The Balaban J connectivity index is 2.64. The van der Waals surface area contributed by atoms with E-state index in [1.165, 1.54) is 6.26 Å². The van der Waals surface area contributed by atoms with Crippen LogP contribution in [0.15, 0.2) is 12.4 Å². The lowest BCUT2D eigenvalue weighted by atomic mass is 10.1. The Labute approximate surface area is 96.8 Å². The van der Waals surface area contributed by atoms with Crippen LogP contribution in [0.3, 0.4) is 0 Å². The topological polar surface area (TPSA) is 64.0 Å². The van der Waals surface area contributed by atoms with Crippen LogP contribution in [0, 0.1) is 0 Å². The zero-order valence-corrected chi connectivity index (χ0v) is 10.8. The van der Waals surface area contributed by atoms with Gasteiger partial charge in [0, 0.05) is 24.1 Å². The van der Waals surface area contributed by atoms with Gasteiger partial charge in [0.05, 0.1) is 18.5 Å². The first kappa shape index (κ1) is 13.2. The highest BCUT2D eigenvalue weighted by Crippen LogP contribution is 2.14. The van der Waals surface area contributed by atoms with E-state index in [0.717, 1.165) is 12.0 Å². The number of aromatic nitrogens is 2. The molecule has 0 bridgehead atoms. The molecule has 1 rings (SSSR count). The average molecular weight is 245 g/mol. The molecular formula is C10H19N3O2S. The number of hydrogen-bond donors (Lipinski definition) is 1. The molecule has 0 saturated heterocycles. The van der Waals surface area contributed by atoms with Gasteiger partial charge in [0.15, 0.2) is 0 Å².